The van der Waals surface area contributed by atoms with Crippen molar-refractivity contribution >= 4 is 11.7 Å². The molecule has 1 aliphatic rings. The molecular weight excluding hydrogens is 206 g/mol. The molecule has 86 valence electrons. The molecule has 1 saturated carbocycles. The summed E-state index contributed by atoms with van der Waals surface area (Å²) in [5.41, 5.74) is 0. The van der Waals surface area contributed by atoms with Crippen molar-refractivity contribution in [1.29, 1.82) is 0 Å². The lowest BCUT2D eigenvalue weighted by atomic mass is 9.94. The number of carbonyl (C=O) groups excluding carboxylic acids is 2. The van der Waals surface area contributed by atoms with Gasteiger partial charge in [0, 0.05) is 18.9 Å². The first kappa shape index (κ1) is 10.9. The van der Waals surface area contributed by atoms with Crippen LogP contribution in [0.15, 0.2) is 16.5 Å². The second-order valence-corrected chi connectivity index (χ2v) is 4.20. The minimum absolute atomic E-state index is 0.107. The van der Waals surface area contributed by atoms with Gasteiger partial charge < -0.3 is 9.73 Å². The summed E-state index contributed by atoms with van der Waals surface area (Å²) in [5.74, 6) is 1.17. The highest BCUT2D eigenvalue weighted by molar-refractivity contribution is 5.91. The summed E-state index contributed by atoms with van der Waals surface area (Å²) in [6, 6.07) is 3.54. The summed E-state index contributed by atoms with van der Waals surface area (Å²) in [4.78, 5) is 22.8. The zero-order valence-electron chi connectivity index (χ0n) is 9.29. The normalized spacial score (nSPS) is 17.4. The van der Waals surface area contributed by atoms with E-state index in [1.54, 1.807) is 19.1 Å². The van der Waals surface area contributed by atoms with Gasteiger partial charge in [-0.2, -0.15) is 0 Å². The predicted octanol–water partition coefficient (Wildman–Crippen LogP) is 1.83. The lowest BCUT2D eigenvalue weighted by Crippen LogP contribution is -2.37. The van der Waals surface area contributed by atoms with E-state index in [-0.39, 0.29) is 11.9 Å². The Bertz CT molecular complexity index is 398. The van der Waals surface area contributed by atoms with Crippen molar-refractivity contribution in [2.24, 2.45) is 0 Å². The fourth-order valence-electron chi connectivity index (χ4n) is 1.90. The molecule has 2 rings (SSSR count). The van der Waals surface area contributed by atoms with Gasteiger partial charge in [-0.05, 0) is 31.9 Å². The van der Waals surface area contributed by atoms with Gasteiger partial charge in [-0.15, -0.1) is 0 Å². The van der Waals surface area contributed by atoms with E-state index in [4.69, 9.17) is 4.42 Å². The quantitative estimate of drug-likeness (QED) is 0.828. The Labute approximate surface area is 94.0 Å². The molecular formula is C12H15NO3. The predicted molar refractivity (Wildman–Crippen MR) is 58.2 cm³/mol. The Hall–Kier alpha value is -1.58. The summed E-state index contributed by atoms with van der Waals surface area (Å²) >= 11 is 0. The Balaban J connectivity index is 1.90. The van der Waals surface area contributed by atoms with Crippen LogP contribution in [0, 0.1) is 6.92 Å². The largest absolute Gasteiger partial charge is 0.456 e. The zero-order chi connectivity index (χ0) is 11.5. The van der Waals surface area contributed by atoms with Crippen LogP contribution in [-0.2, 0) is 4.79 Å². The first-order chi connectivity index (χ1) is 7.65. The van der Waals surface area contributed by atoms with Crippen molar-refractivity contribution in [2.45, 2.75) is 38.6 Å². The number of aryl methyl sites for hydroxylation is 1. The Morgan fingerprint density at radius 3 is 2.62 bits per heavy atom. The van der Waals surface area contributed by atoms with Crippen molar-refractivity contribution in [3.05, 3.63) is 23.7 Å². The van der Waals surface area contributed by atoms with Crippen molar-refractivity contribution in [3.8, 4) is 0 Å². The Morgan fingerprint density at radius 2 is 2.06 bits per heavy atom. The first-order valence-electron chi connectivity index (χ1n) is 5.54. The van der Waals surface area contributed by atoms with Gasteiger partial charge in [0.2, 0.25) is 0 Å². The third-order valence-corrected chi connectivity index (χ3v) is 2.84. The minimum atomic E-state index is -0.188. The summed E-state index contributed by atoms with van der Waals surface area (Å²) in [6.45, 7) is 1.80. The third-order valence-electron chi connectivity index (χ3n) is 2.84. The van der Waals surface area contributed by atoms with E-state index >= 15 is 0 Å². The maximum Gasteiger partial charge on any atom is 0.287 e. The van der Waals surface area contributed by atoms with Crippen LogP contribution >= 0.6 is 0 Å². The Morgan fingerprint density at radius 1 is 1.38 bits per heavy atom. The summed E-state index contributed by atoms with van der Waals surface area (Å²) in [6.07, 6.45) is 2.62. The van der Waals surface area contributed by atoms with E-state index in [0.29, 0.717) is 24.4 Å². The average molecular weight is 221 g/mol. The van der Waals surface area contributed by atoms with Crippen LogP contribution in [0.1, 0.15) is 42.0 Å². The van der Waals surface area contributed by atoms with Crippen molar-refractivity contribution in [3.63, 3.8) is 0 Å². The van der Waals surface area contributed by atoms with E-state index in [1.807, 2.05) is 0 Å². The van der Waals surface area contributed by atoms with Gasteiger partial charge in [0.1, 0.15) is 11.5 Å². The lowest BCUT2D eigenvalue weighted by molar-refractivity contribution is -0.120. The van der Waals surface area contributed by atoms with Gasteiger partial charge in [0.15, 0.2) is 5.76 Å². The molecule has 0 aromatic carbocycles. The SMILES string of the molecule is Cc1ccc(C(=O)NC2CCC(=O)CC2)o1. The first-order valence-corrected chi connectivity index (χ1v) is 5.54. The van der Waals surface area contributed by atoms with Crippen LogP contribution in [-0.4, -0.2) is 17.7 Å². The number of hydrogen-bond donors (Lipinski definition) is 1. The number of furan rings is 1. The molecule has 0 spiro atoms. The molecule has 1 N–H and O–H groups in total. The van der Waals surface area contributed by atoms with Gasteiger partial charge in [-0.3, -0.25) is 9.59 Å². The molecule has 1 aromatic rings. The molecule has 0 unspecified atom stereocenters. The summed E-state index contributed by atoms with van der Waals surface area (Å²) in [5, 5.41) is 2.88. The number of Topliss-reactive ketones (excluding diaryl/α,β-unsaturated/α-hetero) is 1. The second-order valence-electron chi connectivity index (χ2n) is 4.20. The van der Waals surface area contributed by atoms with E-state index in [0.717, 1.165) is 18.6 Å². The van der Waals surface area contributed by atoms with Crippen LogP contribution in [0.2, 0.25) is 0 Å². The maximum atomic E-state index is 11.7. The molecule has 0 saturated heterocycles. The molecule has 0 atom stereocenters. The number of carbonyl (C=O) groups is 2. The minimum Gasteiger partial charge on any atom is -0.456 e. The molecule has 4 heteroatoms. The van der Waals surface area contributed by atoms with Crippen LogP contribution in [0.25, 0.3) is 0 Å². The third kappa shape index (κ3) is 2.51. The standard InChI is InChI=1S/C12H15NO3/c1-8-2-7-11(16-8)12(15)13-9-3-5-10(14)6-4-9/h2,7,9H,3-6H2,1H3,(H,13,15). The highest BCUT2D eigenvalue weighted by Gasteiger charge is 2.21. The average Bonchev–Trinajstić information content (AvgIpc) is 2.68. The number of hydrogen-bond acceptors (Lipinski definition) is 3. The van der Waals surface area contributed by atoms with Crippen LogP contribution in [0.5, 0.6) is 0 Å². The summed E-state index contributed by atoms with van der Waals surface area (Å²) < 4.78 is 5.23. The van der Waals surface area contributed by atoms with E-state index in [2.05, 4.69) is 5.32 Å². The number of amides is 1. The van der Waals surface area contributed by atoms with Crippen LogP contribution in [0.3, 0.4) is 0 Å². The zero-order valence-corrected chi connectivity index (χ0v) is 9.29. The topological polar surface area (TPSA) is 59.3 Å². The van der Waals surface area contributed by atoms with Crippen molar-refractivity contribution < 1.29 is 14.0 Å². The van der Waals surface area contributed by atoms with E-state index in [1.165, 1.54) is 0 Å². The van der Waals surface area contributed by atoms with Gasteiger partial charge in [-0.1, -0.05) is 0 Å². The fourth-order valence-corrected chi connectivity index (χ4v) is 1.90. The monoisotopic (exact) mass is 221 g/mol. The van der Waals surface area contributed by atoms with Crippen LogP contribution in [0.4, 0.5) is 0 Å². The van der Waals surface area contributed by atoms with Crippen molar-refractivity contribution in [1.82, 2.24) is 5.32 Å². The molecule has 0 aliphatic heterocycles. The molecule has 4 nitrogen and oxygen atoms in total. The Kier molecular flexibility index (Phi) is 3.08. The highest BCUT2D eigenvalue weighted by atomic mass is 16.3. The molecule has 0 radical (unpaired) electrons. The number of rotatable bonds is 2. The van der Waals surface area contributed by atoms with Crippen LogP contribution < -0.4 is 5.32 Å². The molecule has 16 heavy (non-hydrogen) atoms. The smallest absolute Gasteiger partial charge is 0.287 e. The highest BCUT2D eigenvalue weighted by Crippen LogP contribution is 2.15. The second kappa shape index (κ2) is 4.51. The number of ketones is 1. The number of nitrogens with one attached hydrogen (secondary N) is 1. The fraction of sp³-hybridized carbons (Fsp3) is 0.500. The molecule has 0 bridgehead atoms. The van der Waals surface area contributed by atoms with E-state index < -0.39 is 0 Å². The van der Waals surface area contributed by atoms with Gasteiger partial charge >= 0.3 is 0 Å². The molecule has 1 heterocycles. The van der Waals surface area contributed by atoms with Gasteiger partial charge in [-0.25, -0.2) is 0 Å². The van der Waals surface area contributed by atoms with E-state index in [9.17, 15) is 9.59 Å². The summed E-state index contributed by atoms with van der Waals surface area (Å²) in [7, 11) is 0. The van der Waals surface area contributed by atoms with Crippen molar-refractivity contribution in [2.75, 3.05) is 0 Å². The molecule has 1 fully saturated rings. The molecule has 1 amide bonds. The van der Waals surface area contributed by atoms with Gasteiger partial charge in [0.05, 0.1) is 0 Å². The molecule has 1 aromatic heterocycles. The maximum absolute atomic E-state index is 11.7. The molecule has 1 aliphatic carbocycles. The lowest BCUT2D eigenvalue weighted by Gasteiger charge is -2.21. The van der Waals surface area contributed by atoms with Gasteiger partial charge in [0.25, 0.3) is 5.91 Å².